The summed E-state index contributed by atoms with van der Waals surface area (Å²) >= 11 is 0. The molecule has 1 heterocycles. The van der Waals surface area contributed by atoms with Crippen molar-refractivity contribution in [2.45, 2.75) is 18.5 Å². The minimum absolute atomic E-state index is 0.0139. The number of carbonyl (C=O) groups excluding carboxylic acids is 2. The Morgan fingerprint density at radius 1 is 1.12 bits per heavy atom. The Hall–Kier alpha value is -2.83. The number of para-hydroxylation sites is 1. The summed E-state index contributed by atoms with van der Waals surface area (Å²) in [6, 6.07) is 11.3. The highest BCUT2D eigenvalue weighted by atomic mass is 19.4. The van der Waals surface area contributed by atoms with E-state index in [-0.39, 0.29) is 18.0 Å². The molecule has 2 aromatic rings. The highest BCUT2D eigenvalue weighted by molar-refractivity contribution is 6.05. The predicted octanol–water partition coefficient (Wildman–Crippen LogP) is 3.79. The van der Waals surface area contributed by atoms with E-state index in [0.717, 1.165) is 12.1 Å². The molecule has 1 unspecified atom stereocenters. The van der Waals surface area contributed by atoms with Gasteiger partial charge >= 0.3 is 6.18 Å². The summed E-state index contributed by atoms with van der Waals surface area (Å²) in [6.45, 7) is 0. The number of nitrogens with one attached hydrogen (secondary N) is 1. The molecule has 0 bridgehead atoms. The van der Waals surface area contributed by atoms with Crippen molar-refractivity contribution in [2.24, 2.45) is 0 Å². The van der Waals surface area contributed by atoms with Gasteiger partial charge in [0.25, 0.3) is 0 Å². The van der Waals surface area contributed by atoms with Crippen LogP contribution >= 0.6 is 0 Å². The first-order valence-corrected chi connectivity index (χ1v) is 7.61. The zero-order valence-electron chi connectivity index (χ0n) is 13.3. The van der Waals surface area contributed by atoms with Gasteiger partial charge in [0, 0.05) is 24.8 Å². The van der Waals surface area contributed by atoms with Gasteiger partial charge in [-0.15, -0.1) is 0 Å². The molecule has 7 heteroatoms. The van der Waals surface area contributed by atoms with Gasteiger partial charge in [-0.2, -0.15) is 13.2 Å². The zero-order valence-corrected chi connectivity index (χ0v) is 13.3. The van der Waals surface area contributed by atoms with Crippen LogP contribution in [0.3, 0.4) is 0 Å². The molecular formula is C18H15F3N2O2. The molecule has 1 aliphatic rings. The van der Waals surface area contributed by atoms with Crippen LogP contribution in [0, 0.1) is 0 Å². The summed E-state index contributed by atoms with van der Waals surface area (Å²) in [5, 5.41) is 2.59. The standard InChI is InChI=1S/C18H15F3N2O2/c1-23-15-5-3-2-4-13(15)14(10-16(23)24)17(25)22-12-8-6-11(7-9-12)18(19,20)21/h2-9,14H,10H2,1H3,(H,22,25). The topological polar surface area (TPSA) is 49.4 Å². The number of rotatable bonds is 2. The number of alkyl halides is 3. The molecule has 1 atom stereocenters. The van der Waals surface area contributed by atoms with Gasteiger partial charge in [-0.05, 0) is 35.9 Å². The van der Waals surface area contributed by atoms with Crippen LogP contribution in [0.5, 0.6) is 0 Å². The minimum Gasteiger partial charge on any atom is -0.326 e. The number of amides is 2. The summed E-state index contributed by atoms with van der Waals surface area (Å²) in [5.74, 6) is -1.29. The Bertz CT molecular complexity index is 816. The number of carbonyl (C=O) groups is 2. The Morgan fingerprint density at radius 3 is 2.40 bits per heavy atom. The van der Waals surface area contributed by atoms with Crippen LogP contribution in [-0.4, -0.2) is 18.9 Å². The normalized spacial score (nSPS) is 17.2. The lowest BCUT2D eigenvalue weighted by Crippen LogP contribution is -2.37. The van der Waals surface area contributed by atoms with Gasteiger partial charge in [0.1, 0.15) is 0 Å². The van der Waals surface area contributed by atoms with Crippen molar-refractivity contribution in [2.75, 3.05) is 17.3 Å². The number of fused-ring (bicyclic) bond motifs is 1. The number of hydrogen-bond donors (Lipinski definition) is 1. The molecule has 2 amide bonds. The average Bonchev–Trinajstić information content (AvgIpc) is 2.57. The molecule has 0 spiro atoms. The third kappa shape index (κ3) is 3.35. The smallest absolute Gasteiger partial charge is 0.326 e. The fourth-order valence-corrected chi connectivity index (χ4v) is 2.85. The second-order valence-electron chi connectivity index (χ2n) is 5.83. The molecule has 0 radical (unpaired) electrons. The Kier molecular flexibility index (Phi) is 4.24. The first-order chi connectivity index (χ1) is 11.8. The minimum atomic E-state index is -4.43. The quantitative estimate of drug-likeness (QED) is 0.898. The predicted molar refractivity (Wildman–Crippen MR) is 87.3 cm³/mol. The van der Waals surface area contributed by atoms with E-state index < -0.39 is 23.6 Å². The first-order valence-electron chi connectivity index (χ1n) is 7.61. The summed E-state index contributed by atoms with van der Waals surface area (Å²) in [7, 11) is 1.64. The maximum absolute atomic E-state index is 12.6. The molecule has 1 aliphatic heterocycles. The molecule has 0 aliphatic carbocycles. The van der Waals surface area contributed by atoms with Crippen molar-refractivity contribution in [1.82, 2.24) is 0 Å². The van der Waals surface area contributed by atoms with Gasteiger partial charge in [0.15, 0.2) is 0 Å². The van der Waals surface area contributed by atoms with Crippen molar-refractivity contribution in [3.05, 3.63) is 59.7 Å². The third-order valence-corrected chi connectivity index (χ3v) is 4.22. The van der Waals surface area contributed by atoms with Gasteiger partial charge in [0.2, 0.25) is 11.8 Å². The number of halogens is 3. The van der Waals surface area contributed by atoms with Crippen LogP contribution in [0.1, 0.15) is 23.5 Å². The van der Waals surface area contributed by atoms with E-state index in [4.69, 9.17) is 0 Å². The Labute approximate surface area is 142 Å². The van der Waals surface area contributed by atoms with E-state index in [2.05, 4.69) is 5.32 Å². The van der Waals surface area contributed by atoms with E-state index in [1.165, 1.54) is 17.0 Å². The number of nitrogens with zero attached hydrogens (tertiary/aromatic N) is 1. The summed E-state index contributed by atoms with van der Waals surface area (Å²) < 4.78 is 37.8. The van der Waals surface area contributed by atoms with Crippen LogP contribution in [0.25, 0.3) is 0 Å². The molecule has 0 fully saturated rings. The maximum Gasteiger partial charge on any atom is 0.416 e. The van der Waals surface area contributed by atoms with Crippen LogP contribution in [0.15, 0.2) is 48.5 Å². The van der Waals surface area contributed by atoms with E-state index in [0.29, 0.717) is 11.3 Å². The van der Waals surface area contributed by atoms with E-state index in [1.807, 2.05) is 0 Å². The maximum atomic E-state index is 12.6. The van der Waals surface area contributed by atoms with Gasteiger partial charge in [-0.25, -0.2) is 0 Å². The second-order valence-corrected chi connectivity index (χ2v) is 5.83. The highest BCUT2D eigenvalue weighted by Crippen LogP contribution is 2.36. The van der Waals surface area contributed by atoms with Crippen LogP contribution in [0.4, 0.5) is 24.5 Å². The molecule has 2 aromatic carbocycles. The average molecular weight is 348 g/mol. The number of anilines is 2. The number of benzene rings is 2. The molecule has 4 nitrogen and oxygen atoms in total. The molecule has 3 rings (SSSR count). The Balaban J connectivity index is 1.82. The zero-order chi connectivity index (χ0) is 18.2. The van der Waals surface area contributed by atoms with E-state index in [1.54, 1.807) is 31.3 Å². The number of hydrogen-bond acceptors (Lipinski definition) is 2. The summed E-state index contributed by atoms with van der Waals surface area (Å²) in [6.07, 6.45) is -4.41. The molecule has 0 saturated heterocycles. The fraction of sp³-hybridized carbons (Fsp3) is 0.222. The molecule has 0 aromatic heterocycles. The monoisotopic (exact) mass is 348 g/mol. The van der Waals surface area contributed by atoms with Gasteiger partial charge in [0.05, 0.1) is 11.5 Å². The lowest BCUT2D eigenvalue weighted by molar-refractivity contribution is -0.137. The van der Waals surface area contributed by atoms with E-state index >= 15 is 0 Å². The largest absolute Gasteiger partial charge is 0.416 e. The SMILES string of the molecule is CN1C(=O)CC(C(=O)Nc2ccc(C(F)(F)F)cc2)c2ccccc21. The molecule has 25 heavy (non-hydrogen) atoms. The molecule has 0 saturated carbocycles. The van der Waals surface area contributed by atoms with Crippen molar-refractivity contribution in [3.63, 3.8) is 0 Å². The van der Waals surface area contributed by atoms with Crippen molar-refractivity contribution < 1.29 is 22.8 Å². The van der Waals surface area contributed by atoms with E-state index in [9.17, 15) is 22.8 Å². The third-order valence-electron chi connectivity index (χ3n) is 4.22. The van der Waals surface area contributed by atoms with Crippen LogP contribution in [0.2, 0.25) is 0 Å². The van der Waals surface area contributed by atoms with Crippen LogP contribution < -0.4 is 10.2 Å². The fourth-order valence-electron chi connectivity index (χ4n) is 2.85. The van der Waals surface area contributed by atoms with Gasteiger partial charge < -0.3 is 10.2 Å². The highest BCUT2D eigenvalue weighted by Gasteiger charge is 2.34. The lowest BCUT2D eigenvalue weighted by Gasteiger charge is -2.30. The Morgan fingerprint density at radius 2 is 1.76 bits per heavy atom. The van der Waals surface area contributed by atoms with Gasteiger partial charge in [-0.1, -0.05) is 18.2 Å². The molecule has 1 N–H and O–H groups in total. The van der Waals surface area contributed by atoms with Crippen LogP contribution in [-0.2, 0) is 15.8 Å². The lowest BCUT2D eigenvalue weighted by atomic mass is 9.89. The van der Waals surface area contributed by atoms with Crippen molar-refractivity contribution >= 4 is 23.2 Å². The van der Waals surface area contributed by atoms with Crippen molar-refractivity contribution in [3.8, 4) is 0 Å². The molecular weight excluding hydrogens is 333 g/mol. The first kappa shape index (κ1) is 17.0. The summed E-state index contributed by atoms with van der Waals surface area (Å²) in [5.41, 5.74) is 0.840. The van der Waals surface area contributed by atoms with Gasteiger partial charge in [-0.3, -0.25) is 9.59 Å². The summed E-state index contributed by atoms with van der Waals surface area (Å²) in [4.78, 5) is 26.2. The molecule has 130 valence electrons. The second kappa shape index (κ2) is 6.23. The van der Waals surface area contributed by atoms with Crippen molar-refractivity contribution in [1.29, 1.82) is 0 Å².